The molecular formula is C12H9ClFNOS. The Balaban J connectivity index is 2.42. The zero-order valence-corrected chi connectivity index (χ0v) is 10.6. The van der Waals surface area contributed by atoms with Crippen molar-refractivity contribution in [2.24, 2.45) is 0 Å². The summed E-state index contributed by atoms with van der Waals surface area (Å²) in [5.41, 5.74) is 1.51. The van der Waals surface area contributed by atoms with Gasteiger partial charge in [-0.25, -0.2) is 9.37 Å². The van der Waals surface area contributed by atoms with E-state index in [1.54, 1.807) is 12.1 Å². The van der Waals surface area contributed by atoms with Crippen LogP contribution in [-0.2, 0) is 0 Å². The monoisotopic (exact) mass is 269 g/mol. The number of rotatable bonds is 3. The molecule has 0 aliphatic rings. The fourth-order valence-corrected chi connectivity index (χ4v) is 2.53. The molecule has 0 radical (unpaired) electrons. The van der Waals surface area contributed by atoms with Gasteiger partial charge in [-0.3, -0.25) is 4.79 Å². The number of Topliss-reactive ketones (excluding diaryl/α,β-unsaturated/α-hetero) is 1. The number of aryl methyl sites for hydroxylation is 1. The molecule has 88 valence electrons. The van der Waals surface area contributed by atoms with E-state index in [4.69, 9.17) is 11.6 Å². The van der Waals surface area contributed by atoms with Gasteiger partial charge in [-0.1, -0.05) is 0 Å². The second kappa shape index (κ2) is 4.94. The van der Waals surface area contributed by atoms with Gasteiger partial charge in [0.1, 0.15) is 5.82 Å². The zero-order chi connectivity index (χ0) is 12.4. The SMILES string of the molecule is Cc1sc(C(=O)CCl)nc1-c1ccc(F)cc1. The maximum Gasteiger partial charge on any atom is 0.206 e. The molecular weight excluding hydrogens is 261 g/mol. The van der Waals surface area contributed by atoms with Gasteiger partial charge >= 0.3 is 0 Å². The van der Waals surface area contributed by atoms with Crippen LogP contribution in [0.15, 0.2) is 24.3 Å². The minimum absolute atomic E-state index is 0.0736. The lowest BCUT2D eigenvalue weighted by molar-refractivity contribution is 0.102. The number of nitrogens with zero attached hydrogens (tertiary/aromatic N) is 1. The van der Waals surface area contributed by atoms with Crippen molar-refractivity contribution in [2.75, 3.05) is 5.88 Å². The highest BCUT2D eigenvalue weighted by atomic mass is 35.5. The normalized spacial score (nSPS) is 10.5. The summed E-state index contributed by atoms with van der Waals surface area (Å²) in [5.74, 6) is -0.553. The van der Waals surface area contributed by atoms with E-state index in [1.807, 2.05) is 6.92 Å². The highest BCUT2D eigenvalue weighted by molar-refractivity contribution is 7.14. The summed E-state index contributed by atoms with van der Waals surface area (Å²) < 4.78 is 12.8. The van der Waals surface area contributed by atoms with Crippen molar-refractivity contribution in [3.8, 4) is 11.3 Å². The van der Waals surface area contributed by atoms with Crippen molar-refractivity contribution in [3.63, 3.8) is 0 Å². The minimum atomic E-state index is -0.293. The first-order valence-electron chi connectivity index (χ1n) is 4.94. The molecule has 17 heavy (non-hydrogen) atoms. The molecule has 0 N–H and O–H groups in total. The van der Waals surface area contributed by atoms with Gasteiger partial charge in [-0.05, 0) is 31.2 Å². The van der Waals surface area contributed by atoms with Crippen molar-refractivity contribution in [1.29, 1.82) is 0 Å². The second-order valence-electron chi connectivity index (χ2n) is 3.49. The molecule has 0 unspecified atom stereocenters. The van der Waals surface area contributed by atoms with E-state index in [0.717, 1.165) is 10.4 Å². The minimum Gasteiger partial charge on any atom is -0.290 e. The largest absolute Gasteiger partial charge is 0.290 e. The molecule has 1 aromatic carbocycles. The van der Waals surface area contributed by atoms with Crippen molar-refractivity contribution >= 4 is 28.7 Å². The molecule has 0 aliphatic carbocycles. The lowest BCUT2D eigenvalue weighted by Gasteiger charge is -1.97. The number of alkyl halides is 1. The maximum absolute atomic E-state index is 12.8. The molecule has 2 rings (SSSR count). The van der Waals surface area contributed by atoms with Crippen LogP contribution >= 0.6 is 22.9 Å². The number of hydrogen-bond donors (Lipinski definition) is 0. The number of hydrogen-bond acceptors (Lipinski definition) is 3. The van der Waals surface area contributed by atoms with Crippen molar-refractivity contribution in [1.82, 2.24) is 4.98 Å². The van der Waals surface area contributed by atoms with Gasteiger partial charge in [-0.15, -0.1) is 22.9 Å². The molecule has 0 saturated heterocycles. The van der Waals surface area contributed by atoms with Gasteiger partial charge in [0.05, 0.1) is 11.6 Å². The van der Waals surface area contributed by atoms with Crippen molar-refractivity contribution < 1.29 is 9.18 Å². The summed E-state index contributed by atoms with van der Waals surface area (Å²) in [5, 5.41) is 0.400. The highest BCUT2D eigenvalue weighted by Crippen LogP contribution is 2.27. The Morgan fingerprint density at radius 2 is 2.06 bits per heavy atom. The topological polar surface area (TPSA) is 30.0 Å². The molecule has 0 amide bonds. The molecule has 0 fully saturated rings. The summed E-state index contributed by atoms with van der Waals surface area (Å²) in [4.78, 5) is 16.6. The first-order chi connectivity index (χ1) is 8.11. The number of aromatic nitrogens is 1. The molecule has 1 heterocycles. The van der Waals surface area contributed by atoms with Crippen LogP contribution in [0.5, 0.6) is 0 Å². The second-order valence-corrected chi connectivity index (χ2v) is 4.96. The van der Waals surface area contributed by atoms with Crippen LogP contribution in [0.4, 0.5) is 4.39 Å². The molecule has 0 atom stereocenters. The summed E-state index contributed by atoms with van der Waals surface area (Å²) >= 11 is 6.79. The lowest BCUT2D eigenvalue weighted by Crippen LogP contribution is -1.98. The van der Waals surface area contributed by atoms with Crippen LogP contribution in [-0.4, -0.2) is 16.6 Å². The van der Waals surface area contributed by atoms with E-state index in [-0.39, 0.29) is 17.5 Å². The first kappa shape index (κ1) is 12.2. The van der Waals surface area contributed by atoms with Crippen LogP contribution in [0.1, 0.15) is 14.7 Å². The number of thiazole rings is 1. The Labute approximate surface area is 107 Å². The average Bonchev–Trinajstić information content (AvgIpc) is 2.71. The Morgan fingerprint density at radius 3 is 2.65 bits per heavy atom. The Morgan fingerprint density at radius 1 is 1.41 bits per heavy atom. The van der Waals surface area contributed by atoms with Gasteiger partial charge in [0, 0.05) is 10.4 Å². The smallest absolute Gasteiger partial charge is 0.206 e. The summed E-state index contributed by atoms with van der Waals surface area (Å²) in [6, 6.07) is 6.03. The zero-order valence-electron chi connectivity index (χ0n) is 9.04. The first-order valence-corrected chi connectivity index (χ1v) is 6.29. The lowest BCUT2D eigenvalue weighted by atomic mass is 10.1. The van der Waals surface area contributed by atoms with Crippen LogP contribution < -0.4 is 0 Å². The number of benzene rings is 1. The van der Waals surface area contributed by atoms with Gasteiger partial charge in [0.15, 0.2) is 5.01 Å². The van der Waals surface area contributed by atoms with Crippen molar-refractivity contribution in [2.45, 2.75) is 6.92 Å². The molecule has 2 aromatic rings. The molecule has 0 spiro atoms. The predicted molar refractivity (Wildman–Crippen MR) is 67.3 cm³/mol. The van der Waals surface area contributed by atoms with E-state index in [0.29, 0.717) is 10.7 Å². The molecule has 2 nitrogen and oxygen atoms in total. The average molecular weight is 270 g/mol. The summed E-state index contributed by atoms with van der Waals surface area (Å²) in [7, 11) is 0. The highest BCUT2D eigenvalue weighted by Gasteiger charge is 2.14. The van der Waals surface area contributed by atoms with E-state index in [1.165, 1.54) is 23.5 Å². The van der Waals surface area contributed by atoms with Crippen LogP contribution in [0.25, 0.3) is 11.3 Å². The third kappa shape index (κ3) is 2.53. The molecule has 0 aliphatic heterocycles. The van der Waals surface area contributed by atoms with E-state index in [9.17, 15) is 9.18 Å². The standard InChI is InChI=1S/C12H9ClFNOS/c1-7-11(8-2-4-9(14)5-3-8)15-12(17-7)10(16)6-13/h2-5H,6H2,1H3. The Hall–Kier alpha value is -1.26. The summed E-state index contributed by atoms with van der Waals surface area (Å²) in [6.07, 6.45) is 0. The molecule has 5 heteroatoms. The number of halogens is 2. The maximum atomic E-state index is 12.8. The third-order valence-electron chi connectivity index (χ3n) is 2.27. The molecule has 0 saturated carbocycles. The quantitative estimate of drug-likeness (QED) is 0.628. The van der Waals surface area contributed by atoms with E-state index >= 15 is 0 Å². The van der Waals surface area contributed by atoms with Gasteiger partial charge in [0.2, 0.25) is 5.78 Å². The molecule has 0 bridgehead atoms. The van der Waals surface area contributed by atoms with E-state index < -0.39 is 0 Å². The fourth-order valence-electron chi connectivity index (χ4n) is 1.45. The van der Waals surface area contributed by atoms with Gasteiger partial charge in [-0.2, -0.15) is 0 Å². The number of carbonyl (C=O) groups excluding carboxylic acids is 1. The van der Waals surface area contributed by atoms with Crippen molar-refractivity contribution in [3.05, 3.63) is 40.0 Å². The van der Waals surface area contributed by atoms with Crippen LogP contribution in [0, 0.1) is 12.7 Å². The number of ketones is 1. The third-order valence-corrected chi connectivity index (χ3v) is 3.53. The van der Waals surface area contributed by atoms with E-state index in [2.05, 4.69) is 4.98 Å². The Bertz CT molecular complexity index is 550. The summed E-state index contributed by atoms with van der Waals surface area (Å²) in [6.45, 7) is 1.88. The Kier molecular flexibility index (Phi) is 3.54. The predicted octanol–water partition coefficient (Wildman–Crippen LogP) is 3.68. The fraction of sp³-hybridized carbons (Fsp3) is 0.167. The number of carbonyl (C=O) groups is 1. The van der Waals surface area contributed by atoms with Gasteiger partial charge < -0.3 is 0 Å². The van der Waals surface area contributed by atoms with Gasteiger partial charge in [0.25, 0.3) is 0 Å². The van der Waals surface area contributed by atoms with Crippen LogP contribution in [0.2, 0.25) is 0 Å². The molecule has 1 aromatic heterocycles. The van der Waals surface area contributed by atoms with Crippen LogP contribution in [0.3, 0.4) is 0 Å².